The van der Waals surface area contributed by atoms with Crippen LogP contribution in [0.15, 0.2) is 30.3 Å². The largest absolute Gasteiger partial charge is 0.303 e. The summed E-state index contributed by atoms with van der Waals surface area (Å²) in [7, 11) is 2.13. The van der Waals surface area contributed by atoms with E-state index in [1.165, 1.54) is 5.56 Å². The van der Waals surface area contributed by atoms with Crippen molar-refractivity contribution in [2.24, 2.45) is 0 Å². The van der Waals surface area contributed by atoms with Gasteiger partial charge in [0.05, 0.1) is 0 Å². The molecule has 1 fully saturated rings. The normalized spacial score (nSPS) is 22.3. The third kappa shape index (κ3) is 2.92. The smallest absolute Gasteiger partial charge is 0.135 e. The molecule has 2 heteroatoms. The molecule has 1 heterocycles. The van der Waals surface area contributed by atoms with Crippen molar-refractivity contribution in [2.75, 3.05) is 13.6 Å². The Bertz CT molecular complexity index is 347. The third-order valence-corrected chi connectivity index (χ3v) is 3.44. The minimum atomic E-state index is 0.427. The van der Waals surface area contributed by atoms with Crippen molar-refractivity contribution in [3.63, 3.8) is 0 Å². The summed E-state index contributed by atoms with van der Waals surface area (Å²) in [5.74, 6) is 0.427. The highest BCUT2D eigenvalue weighted by Gasteiger charge is 2.23. The molecular weight excluding hydrogens is 198 g/mol. The summed E-state index contributed by atoms with van der Waals surface area (Å²) in [6, 6.07) is 11.0. The van der Waals surface area contributed by atoms with Crippen LogP contribution in [0.1, 0.15) is 24.8 Å². The minimum Gasteiger partial charge on any atom is -0.303 e. The minimum absolute atomic E-state index is 0.427. The number of ketones is 1. The number of nitrogens with zero attached hydrogens (tertiary/aromatic N) is 1. The first-order valence-corrected chi connectivity index (χ1v) is 6.01. The molecule has 0 N–H and O–H groups in total. The lowest BCUT2D eigenvalue weighted by Crippen LogP contribution is -2.40. The van der Waals surface area contributed by atoms with Crippen molar-refractivity contribution in [3.05, 3.63) is 35.9 Å². The average Bonchev–Trinajstić information content (AvgIpc) is 2.32. The second kappa shape index (κ2) is 5.26. The predicted molar refractivity (Wildman–Crippen MR) is 65.4 cm³/mol. The number of carbonyl (C=O) groups excluding carboxylic acids is 1. The van der Waals surface area contributed by atoms with Gasteiger partial charge in [-0.1, -0.05) is 30.3 Å². The van der Waals surface area contributed by atoms with Crippen LogP contribution in [0.25, 0.3) is 0 Å². The molecule has 0 aromatic heterocycles. The lowest BCUT2D eigenvalue weighted by molar-refractivity contribution is -0.122. The second-order valence-electron chi connectivity index (χ2n) is 4.65. The van der Waals surface area contributed by atoms with Gasteiger partial charge in [0.25, 0.3) is 0 Å². The SMILES string of the molecule is CN1CCC(=O)CC1CCc1ccccc1. The predicted octanol–water partition coefficient (Wildman–Crippen LogP) is 2.28. The summed E-state index contributed by atoms with van der Waals surface area (Å²) in [5, 5.41) is 0. The number of carbonyl (C=O) groups is 1. The molecule has 1 unspecified atom stereocenters. The van der Waals surface area contributed by atoms with Crippen LogP contribution in [0.4, 0.5) is 0 Å². The van der Waals surface area contributed by atoms with Crippen LogP contribution in [0.3, 0.4) is 0 Å². The Morgan fingerprint density at radius 2 is 2.06 bits per heavy atom. The maximum atomic E-state index is 11.4. The van der Waals surface area contributed by atoms with Crippen LogP contribution in [0.5, 0.6) is 0 Å². The van der Waals surface area contributed by atoms with E-state index < -0.39 is 0 Å². The standard InChI is InChI=1S/C14H19NO/c1-15-10-9-14(16)11-13(15)8-7-12-5-3-2-4-6-12/h2-6,13H,7-11H2,1H3. The van der Waals surface area contributed by atoms with Crippen LogP contribution >= 0.6 is 0 Å². The summed E-state index contributed by atoms with van der Waals surface area (Å²) >= 11 is 0. The summed E-state index contributed by atoms with van der Waals surface area (Å²) in [6.45, 7) is 0.929. The highest BCUT2D eigenvalue weighted by Crippen LogP contribution is 2.17. The van der Waals surface area contributed by atoms with Gasteiger partial charge in [0.1, 0.15) is 5.78 Å². The zero-order chi connectivity index (χ0) is 11.4. The Morgan fingerprint density at radius 3 is 2.81 bits per heavy atom. The Balaban J connectivity index is 1.87. The molecule has 0 spiro atoms. The van der Waals surface area contributed by atoms with Gasteiger partial charge in [-0.15, -0.1) is 0 Å². The summed E-state index contributed by atoms with van der Waals surface area (Å²) in [6.07, 6.45) is 3.64. The maximum Gasteiger partial charge on any atom is 0.135 e. The van der Waals surface area contributed by atoms with Gasteiger partial charge < -0.3 is 4.90 Å². The second-order valence-corrected chi connectivity index (χ2v) is 4.65. The van der Waals surface area contributed by atoms with Crippen molar-refractivity contribution in [1.82, 2.24) is 4.90 Å². The number of benzene rings is 1. The summed E-state index contributed by atoms with van der Waals surface area (Å²) in [4.78, 5) is 13.7. The van der Waals surface area contributed by atoms with E-state index in [0.717, 1.165) is 32.2 Å². The van der Waals surface area contributed by atoms with E-state index in [0.29, 0.717) is 11.8 Å². The lowest BCUT2D eigenvalue weighted by atomic mass is 9.96. The number of piperidine rings is 1. The monoisotopic (exact) mass is 217 g/mol. The molecule has 1 aromatic rings. The van der Waals surface area contributed by atoms with Crippen molar-refractivity contribution in [1.29, 1.82) is 0 Å². The number of rotatable bonds is 3. The number of hydrogen-bond donors (Lipinski definition) is 0. The van der Waals surface area contributed by atoms with Crippen molar-refractivity contribution in [2.45, 2.75) is 31.7 Å². The van der Waals surface area contributed by atoms with Gasteiger partial charge in [-0.05, 0) is 25.5 Å². The van der Waals surface area contributed by atoms with E-state index in [2.05, 4.69) is 36.2 Å². The number of aryl methyl sites for hydroxylation is 1. The van der Waals surface area contributed by atoms with Gasteiger partial charge in [0, 0.05) is 25.4 Å². The zero-order valence-corrected chi connectivity index (χ0v) is 9.86. The first kappa shape index (κ1) is 11.3. The molecule has 0 aliphatic carbocycles. The maximum absolute atomic E-state index is 11.4. The molecule has 1 aromatic carbocycles. The fraction of sp³-hybridized carbons (Fsp3) is 0.500. The van der Waals surface area contributed by atoms with E-state index in [1.54, 1.807) is 0 Å². The van der Waals surface area contributed by atoms with E-state index in [-0.39, 0.29) is 0 Å². The molecule has 1 saturated heterocycles. The van der Waals surface area contributed by atoms with Gasteiger partial charge in [-0.25, -0.2) is 0 Å². The van der Waals surface area contributed by atoms with Crippen LogP contribution in [-0.4, -0.2) is 30.3 Å². The summed E-state index contributed by atoms with van der Waals surface area (Å²) < 4.78 is 0. The van der Waals surface area contributed by atoms with Gasteiger partial charge >= 0.3 is 0 Å². The quantitative estimate of drug-likeness (QED) is 0.774. The summed E-state index contributed by atoms with van der Waals surface area (Å²) in [5.41, 5.74) is 1.37. The first-order chi connectivity index (χ1) is 7.75. The van der Waals surface area contributed by atoms with E-state index in [4.69, 9.17) is 0 Å². The Labute approximate surface area is 97.3 Å². The fourth-order valence-electron chi connectivity index (χ4n) is 2.30. The molecule has 0 saturated carbocycles. The van der Waals surface area contributed by atoms with Gasteiger partial charge in [-0.3, -0.25) is 4.79 Å². The van der Waals surface area contributed by atoms with Crippen molar-refractivity contribution >= 4 is 5.78 Å². The molecule has 16 heavy (non-hydrogen) atoms. The molecule has 0 amide bonds. The zero-order valence-electron chi connectivity index (χ0n) is 9.86. The van der Waals surface area contributed by atoms with Crippen LogP contribution in [0, 0.1) is 0 Å². The topological polar surface area (TPSA) is 20.3 Å². The Hall–Kier alpha value is -1.15. The van der Waals surface area contributed by atoms with Gasteiger partial charge in [0.15, 0.2) is 0 Å². The number of hydrogen-bond acceptors (Lipinski definition) is 2. The van der Waals surface area contributed by atoms with Crippen LogP contribution in [-0.2, 0) is 11.2 Å². The van der Waals surface area contributed by atoms with Crippen LogP contribution in [0.2, 0.25) is 0 Å². The lowest BCUT2D eigenvalue weighted by Gasteiger charge is -2.31. The fourth-order valence-corrected chi connectivity index (χ4v) is 2.30. The Morgan fingerprint density at radius 1 is 1.31 bits per heavy atom. The average molecular weight is 217 g/mol. The molecule has 1 aliphatic heterocycles. The Kier molecular flexibility index (Phi) is 3.73. The molecule has 1 atom stereocenters. The van der Waals surface area contributed by atoms with E-state index in [9.17, 15) is 4.79 Å². The third-order valence-electron chi connectivity index (χ3n) is 3.44. The molecule has 2 rings (SSSR count). The van der Waals surface area contributed by atoms with Crippen molar-refractivity contribution < 1.29 is 4.79 Å². The van der Waals surface area contributed by atoms with Gasteiger partial charge in [0.2, 0.25) is 0 Å². The highest BCUT2D eigenvalue weighted by molar-refractivity contribution is 5.79. The van der Waals surface area contributed by atoms with E-state index >= 15 is 0 Å². The molecule has 0 radical (unpaired) electrons. The van der Waals surface area contributed by atoms with Crippen molar-refractivity contribution in [3.8, 4) is 0 Å². The molecular formula is C14H19NO. The molecule has 1 aliphatic rings. The molecule has 0 bridgehead atoms. The molecule has 2 nitrogen and oxygen atoms in total. The highest BCUT2D eigenvalue weighted by atomic mass is 16.1. The first-order valence-electron chi connectivity index (χ1n) is 6.01. The number of likely N-dealkylation sites (tertiary alicyclic amines) is 1. The van der Waals surface area contributed by atoms with Crippen LogP contribution < -0.4 is 0 Å². The van der Waals surface area contributed by atoms with Gasteiger partial charge in [-0.2, -0.15) is 0 Å². The molecule has 86 valence electrons. The van der Waals surface area contributed by atoms with E-state index in [1.807, 2.05) is 6.07 Å². The number of Topliss-reactive ketones (excluding diaryl/α,β-unsaturated/α-hetero) is 1.